The molecule has 1 aliphatic rings. The van der Waals surface area contributed by atoms with E-state index in [2.05, 4.69) is 5.10 Å². The third-order valence-corrected chi connectivity index (χ3v) is 8.44. The van der Waals surface area contributed by atoms with Crippen LogP contribution in [0, 0.1) is 12.3 Å². The predicted octanol–water partition coefficient (Wildman–Crippen LogP) is 4.25. The van der Waals surface area contributed by atoms with Crippen molar-refractivity contribution in [2.45, 2.75) is 57.7 Å². The first-order chi connectivity index (χ1) is 22.0. The molecule has 1 amide bonds. The number of carbonyl (C=O) groups excluding carboxylic acids is 2. The number of piperidine rings is 1. The van der Waals surface area contributed by atoms with Crippen LogP contribution in [0.25, 0.3) is 16.9 Å². The maximum atomic E-state index is 13.5. The Kier molecular flexibility index (Phi) is 9.07. The number of aromatic nitrogens is 4. The summed E-state index contributed by atoms with van der Waals surface area (Å²) < 4.78 is 84.7. The van der Waals surface area contributed by atoms with Crippen LogP contribution in [-0.4, -0.2) is 66.2 Å². The van der Waals surface area contributed by atoms with Gasteiger partial charge in [0.1, 0.15) is 11.1 Å². The number of ether oxygens (including phenoxy) is 2. The van der Waals surface area contributed by atoms with Crippen molar-refractivity contribution < 1.29 is 50.1 Å². The zero-order chi connectivity index (χ0) is 34.1. The maximum absolute atomic E-state index is 13.5. The van der Waals surface area contributed by atoms with Crippen molar-refractivity contribution in [3.8, 4) is 16.9 Å². The number of hydrogen-bond donors (Lipinski definition) is 1. The predicted molar refractivity (Wildman–Crippen MR) is 158 cm³/mol. The number of aryl methyl sites for hydroxylation is 1. The molecule has 0 spiro atoms. The van der Waals surface area contributed by atoms with Gasteiger partial charge in [-0.05, 0) is 58.0 Å². The highest BCUT2D eigenvalue weighted by atomic mass is 32.2. The van der Waals surface area contributed by atoms with Gasteiger partial charge in [-0.25, -0.2) is 22.6 Å². The first kappa shape index (κ1) is 33.5. The molecule has 2 aromatic heterocycles. The summed E-state index contributed by atoms with van der Waals surface area (Å²) in [6.07, 6.45) is -5.76. The van der Waals surface area contributed by atoms with E-state index in [9.17, 15) is 31.2 Å². The molecule has 1 fully saturated rings. The van der Waals surface area contributed by atoms with E-state index in [-0.39, 0.29) is 23.1 Å². The van der Waals surface area contributed by atoms with Crippen LogP contribution in [0.5, 0.6) is 0 Å². The van der Waals surface area contributed by atoms with E-state index in [4.69, 9.17) is 18.9 Å². The Morgan fingerprint density at radius 2 is 1.66 bits per heavy atom. The van der Waals surface area contributed by atoms with E-state index in [1.807, 2.05) is 11.6 Å². The summed E-state index contributed by atoms with van der Waals surface area (Å²) in [6, 6.07) is 12.6. The van der Waals surface area contributed by atoms with Gasteiger partial charge in [-0.2, -0.15) is 22.9 Å². The molecule has 0 atom stereocenters. The molecule has 0 bridgehead atoms. The lowest BCUT2D eigenvalue weighted by Crippen LogP contribution is -2.44. The molecule has 1 N–H and O–H groups in total. The molecule has 2 aromatic carbocycles. The highest BCUT2D eigenvalue weighted by Crippen LogP contribution is 2.33. The summed E-state index contributed by atoms with van der Waals surface area (Å²) in [4.78, 5) is 30.5. The third-order valence-electron chi connectivity index (χ3n) is 7.11. The van der Waals surface area contributed by atoms with Crippen LogP contribution in [0.2, 0.25) is 0 Å². The highest BCUT2D eigenvalue weighted by Gasteiger charge is 2.35. The van der Waals surface area contributed by atoms with E-state index in [1.54, 1.807) is 50.0 Å². The standard InChI is InChI=1S/C29H33F3N6O8S/c1-19-5-7-20(8-6-19)24-17-25(29(30,31)32)33-36(24)21-9-11-23(12-10-21)47(41,42)34-27(40)45-22-13-15-35(16-14-22)37-38(46-37)44-18-43-26(39)28(2,3)4/h5-12,17,22H,13-16,18H2,1-4H3,(H,34,40). The second-order valence-electron chi connectivity index (χ2n) is 11.8. The molecule has 14 nitrogen and oxygen atoms in total. The van der Waals surface area contributed by atoms with Gasteiger partial charge in [-0.3, -0.25) is 9.80 Å². The Morgan fingerprint density at radius 3 is 2.26 bits per heavy atom. The average molecular weight is 683 g/mol. The van der Waals surface area contributed by atoms with Gasteiger partial charge in [0.15, 0.2) is 5.69 Å². The van der Waals surface area contributed by atoms with Gasteiger partial charge < -0.3 is 14.3 Å². The molecule has 1 saturated heterocycles. The molecule has 5 rings (SSSR count). The van der Waals surface area contributed by atoms with E-state index >= 15 is 0 Å². The molecule has 4 aromatic rings. The number of sulfonamides is 1. The summed E-state index contributed by atoms with van der Waals surface area (Å²) in [5.41, 5.74) is -0.0457. The molecular weight excluding hydrogens is 649 g/mol. The summed E-state index contributed by atoms with van der Waals surface area (Å²) in [6.45, 7) is 7.38. The average Bonchev–Trinajstić information content (AvgIpc) is 3.61. The van der Waals surface area contributed by atoms with Crippen molar-refractivity contribution in [2.75, 3.05) is 24.9 Å². The second-order valence-corrected chi connectivity index (χ2v) is 13.5. The quantitative estimate of drug-likeness (QED) is 0.200. The van der Waals surface area contributed by atoms with Gasteiger partial charge in [-0.1, -0.05) is 29.8 Å². The van der Waals surface area contributed by atoms with Gasteiger partial charge in [0.2, 0.25) is 0 Å². The molecule has 1 aliphatic heterocycles. The van der Waals surface area contributed by atoms with Crippen LogP contribution in [0.1, 0.15) is 44.9 Å². The van der Waals surface area contributed by atoms with Gasteiger partial charge in [0, 0.05) is 36.5 Å². The first-order valence-corrected chi connectivity index (χ1v) is 15.9. The van der Waals surface area contributed by atoms with Crippen LogP contribution >= 0.6 is 0 Å². The first-order valence-electron chi connectivity index (χ1n) is 14.4. The highest BCUT2D eigenvalue weighted by molar-refractivity contribution is 7.90. The van der Waals surface area contributed by atoms with Gasteiger partial charge >= 0.3 is 18.2 Å². The minimum Gasteiger partial charge on any atom is -0.445 e. The molecule has 0 unspecified atom stereocenters. The Labute approximate surface area is 267 Å². The SMILES string of the molecule is Cc1ccc(-c2cc(C(F)(F)F)nn2-c2ccc(S(=O)(=O)NC(=O)OC3CCN(n4on4OCOC(=O)C(C)(C)C)CC3)cc2)cc1. The number of benzene rings is 2. The van der Waals surface area contributed by atoms with E-state index < -0.39 is 45.5 Å². The number of esters is 1. The zero-order valence-electron chi connectivity index (χ0n) is 25.9. The lowest BCUT2D eigenvalue weighted by molar-refractivity contribution is -0.168. The van der Waals surface area contributed by atoms with Crippen molar-refractivity contribution in [3.63, 3.8) is 0 Å². The topological polar surface area (TPSA) is 152 Å². The largest absolute Gasteiger partial charge is 0.445 e. The summed E-state index contributed by atoms with van der Waals surface area (Å²) in [5.74, 6) is -0.439. The third kappa shape index (κ3) is 8.11. The van der Waals surface area contributed by atoms with Gasteiger partial charge in [0.05, 0.1) is 21.7 Å². The van der Waals surface area contributed by atoms with Crippen molar-refractivity contribution in [1.29, 1.82) is 0 Å². The molecule has 0 aliphatic carbocycles. The number of nitrogens with zero attached hydrogens (tertiary/aromatic N) is 5. The van der Waals surface area contributed by atoms with Crippen LogP contribution < -0.4 is 14.6 Å². The lowest BCUT2D eigenvalue weighted by Gasteiger charge is -2.28. The Balaban J connectivity index is 1.15. The van der Waals surface area contributed by atoms with Crippen molar-refractivity contribution in [1.82, 2.24) is 24.5 Å². The Bertz CT molecular complexity index is 1810. The zero-order valence-corrected chi connectivity index (χ0v) is 26.7. The smallest absolute Gasteiger partial charge is 0.435 e. The maximum Gasteiger partial charge on any atom is 0.435 e. The van der Waals surface area contributed by atoms with Crippen molar-refractivity contribution >= 4 is 22.1 Å². The normalized spacial score (nSPS) is 14.7. The van der Waals surface area contributed by atoms with E-state index in [1.165, 1.54) is 17.1 Å². The Morgan fingerprint density at radius 1 is 1.02 bits per heavy atom. The number of halogens is 3. The molecule has 0 radical (unpaired) electrons. The molecule has 0 saturated carbocycles. The molecule has 47 heavy (non-hydrogen) atoms. The van der Waals surface area contributed by atoms with Gasteiger partial charge in [0.25, 0.3) is 16.8 Å². The number of alkyl halides is 3. The number of hydrogen-bond acceptors (Lipinski definition) is 10. The Hall–Kier alpha value is -4.87. The molecule has 18 heteroatoms. The molecular formula is C29H33F3N6O8S. The summed E-state index contributed by atoms with van der Waals surface area (Å²) in [5, 5.41) is 6.48. The van der Waals surface area contributed by atoms with Crippen LogP contribution in [-0.2, 0) is 30.5 Å². The monoisotopic (exact) mass is 682 g/mol. The van der Waals surface area contributed by atoms with Crippen molar-refractivity contribution in [2.24, 2.45) is 5.41 Å². The number of amides is 1. The minimum absolute atomic E-state index is 0.160. The van der Waals surface area contributed by atoms with Crippen LogP contribution in [0.15, 0.2) is 64.1 Å². The van der Waals surface area contributed by atoms with Gasteiger partial charge in [-0.15, -0.1) is 0 Å². The number of nitrogens with one attached hydrogen (secondary N) is 1. The van der Waals surface area contributed by atoms with Crippen LogP contribution in [0.4, 0.5) is 18.0 Å². The number of carbonyl (C=O) groups is 2. The van der Waals surface area contributed by atoms with E-state index in [0.29, 0.717) is 31.5 Å². The lowest BCUT2D eigenvalue weighted by atomic mass is 9.98. The molecule has 254 valence electrons. The fourth-order valence-electron chi connectivity index (χ4n) is 4.50. The van der Waals surface area contributed by atoms with Crippen molar-refractivity contribution in [3.05, 3.63) is 65.9 Å². The second kappa shape index (κ2) is 12.7. The molecule has 3 heterocycles. The van der Waals surface area contributed by atoms with E-state index in [0.717, 1.165) is 33.5 Å². The fourth-order valence-corrected chi connectivity index (χ4v) is 5.38. The summed E-state index contributed by atoms with van der Waals surface area (Å²) in [7, 11) is -4.37. The minimum atomic E-state index is -4.70. The number of rotatable bonds is 9. The fraction of sp³-hybridized carbons (Fsp3) is 0.414. The summed E-state index contributed by atoms with van der Waals surface area (Å²) >= 11 is 0. The van der Waals surface area contributed by atoms with Crippen LogP contribution in [0.3, 0.4) is 0 Å².